The van der Waals surface area contributed by atoms with E-state index in [-0.39, 0.29) is 0 Å². The summed E-state index contributed by atoms with van der Waals surface area (Å²) in [6, 6.07) is 5.47. The van der Waals surface area contributed by atoms with E-state index in [0.717, 1.165) is 5.56 Å². The molecule has 0 bridgehead atoms. The first kappa shape index (κ1) is 15.7. The Morgan fingerprint density at radius 2 is 1.70 bits per heavy atom. The van der Waals surface area contributed by atoms with Gasteiger partial charge in [0, 0.05) is 5.56 Å². The van der Waals surface area contributed by atoms with Gasteiger partial charge in [0.25, 0.3) is 0 Å². The maximum atomic E-state index is 9.39. The third kappa shape index (κ3) is 5.52. The zero-order valence-corrected chi connectivity index (χ0v) is 12.2. The zero-order valence-electron chi connectivity index (χ0n) is 12.2. The summed E-state index contributed by atoms with van der Waals surface area (Å²) >= 11 is 0. The van der Waals surface area contributed by atoms with Crippen LogP contribution in [0, 0.1) is 23.7 Å². The summed E-state index contributed by atoms with van der Waals surface area (Å²) in [5.74, 6) is 12.5. The Balaban J connectivity index is 2.77. The summed E-state index contributed by atoms with van der Waals surface area (Å²) in [5, 5.41) is 9.39. The molecule has 1 aromatic rings. The Morgan fingerprint density at radius 1 is 1.05 bits per heavy atom. The first-order valence-electron chi connectivity index (χ1n) is 6.10. The molecule has 0 aromatic heterocycles. The minimum atomic E-state index is -0.985. The third-order valence-electron chi connectivity index (χ3n) is 2.23. The molecule has 0 atom stereocenters. The fourth-order valence-electron chi connectivity index (χ4n) is 1.34. The number of methoxy groups -OCH3 is 2. The molecule has 20 heavy (non-hydrogen) atoms. The smallest absolute Gasteiger partial charge is 0.161 e. The Bertz CT molecular complexity index is 599. The topological polar surface area (TPSA) is 38.7 Å². The van der Waals surface area contributed by atoms with Crippen LogP contribution in [0.3, 0.4) is 0 Å². The second-order valence-electron chi connectivity index (χ2n) is 4.50. The first-order valence-corrected chi connectivity index (χ1v) is 6.10. The molecule has 1 N–H and O–H groups in total. The predicted octanol–water partition coefficient (Wildman–Crippen LogP) is 2.39. The van der Waals surface area contributed by atoms with E-state index < -0.39 is 5.60 Å². The lowest BCUT2D eigenvalue weighted by Gasteiger charge is -2.06. The van der Waals surface area contributed by atoms with Gasteiger partial charge in [0.05, 0.1) is 14.2 Å². The second-order valence-corrected chi connectivity index (χ2v) is 4.50. The van der Waals surface area contributed by atoms with E-state index in [0.29, 0.717) is 11.5 Å². The molecule has 0 aliphatic carbocycles. The largest absolute Gasteiger partial charge is 0.493 e. The Kier molecular flexibility index (Phi) is 5.72. The molecular weight excluding hydrogens is 252 g/mol. The third-order valence-corrected chi connectivity index (χ3v) is 2.23. The molecule has 1 aromatic carbocycles. The van der Waals surface area contributed by atoms with Crippen LogP contribution >= 0.6 is 0 Å². The number of allylic oxidation sites excluding steroid dienone is 2. The molecule has 0 radical (unpaired) electrons. The minimum Gasteiger partial charge on any atom is -0.493 e. The van der Waals surface area contributed by atoms with Gasteiger partial charge >= 0.3 is 0 Å². The van der Waals surface area contributed by atoms with Crippen molar-refractivity contribution in [3.8, 4) is 35.2 Å². The average molecular weight is 270 g/mol. The Labute approximate surface area is 120 Å². The molecule has 0 fully saturated rings. The molecular formula is C17H18O3. The number of benzene rings is 1. The Hall–Kier alpha value is -2.36. The quantitative estimate of drug-likeness (QED) is 0.839. The highest BCUT2D eigenvalue weighted by atomic mass is 16.5. The number of rotatable bonds is 2. The maximum absolute atomic E-state index is 9.39. The van der Waals surface area contributed by atoms with Gasteiger partial charge in [0.2, 0.25) is 0 Å². The van der Waals surface area contributed by atoms with Crippen LogP contribution < -0.4 is 9.47 Å². The second kappa shape index (κ2) is 7.28. The van der Waals surface area contributed by atoms with Crippen LogP contribution in [-0.4, -0.2) is 24.9 Å². The normalized spacial score (nSPS) is 10.2. The molecule has 0 saturated heterocycles. The number of hydrogen-bond donors (Lipinski definition) is 1. The molecule has 0 aliphatic rings. The maximum Gasteiger partial charge on any atom is 0.161 e. The number of aliphatic hydroxyl groups is 1. The molecule has 1 rings (SSSR count). The Morgan fingerprint density at radius 3 is 2.30 bits per heavy atom. The van der Waals surface area contributed by atoms with Crippen molar-refractivity contribution in [2.24, 2.45) is 0 Å². The van der Waals surface area contributed by atoms with E-state index >= 15 is 0 Å². The SMILES string of the molecule is COc1ccc(C#C/C=C/C#CC(C)(C)O)cc1OC. The lowest BCUT2D eigenvalue weighted by molar-refractivity contribution is 0.143. The van der Waals surface area contributed by atoms with Crippen LogP contribution in [0.4, 0.5) is 0 Å². The van der Waals surface area contributed by atoms with E-state index in [9.17, 15) is 5.11 Å². The van der Waals surface area contributed by atoms with E-state index in [1.54, 1.807) is 46.3 Å². The molecule has 104 valence electrons. The monoisotopic (exact) mass is 270 g/mol. The van der Waals surface area contributed by atoms with Crippen molar-refractivity contribution >= 4 is 0 Å². The van der Waals surface area contributed by atoms with Crippen molar-refractivity contribution in [2.75, 3.05) is 14.2 Å². The van der Waals surface area contributed by atoms with E-state index in [1.807, 2.05) is 12.1 Å². The molecule has 0 amide bonds. The summed E-state index contributed by atoms with van der Waals surface area (Å²) < 4.78 is 10.3. The molecule has 3 heteroatoms. The van der Waals surface area contributed by atoms with Crippen molar-refractivity contribution in [3.63, 3.8) is 0 Å². The van der Waals surface area contributed by atoms with E-state index in [4.69, 9.17) is 9.47 Å². The van der Waals surface area contributed by atoms with Gasteiger partial charge in [-0.1, -0.05) is 23.7 Å². The minimum absolute atomic E-state index is 0.644. The molecule has 0 aliphatic heterocycles. The standard InChI is InChI=1S/C17H18O3/c1-17(2,18)12-8-6-5-7-9-14-10-11-15(19-3)16(13-14)20-4/h5-6,10-11,13,18H,1-4H3/b6-5+. The fraction of sp³-hybridized carbons (Fsp3) is 0.294. The van der Waals surface area contributed by atoms with Gasteiger partial charge in [0.1, 0.15) is 5.60 Å². The van der Waals surface area contributed by atoms with Crippen LogP contribution in [0.2, 0.25) is 0 Å². The number of ether oxygens (including phenoxy) is 2. The lowest BCUT2D eigenvalue weighted by atomic mass is 10.1. The van der Waals surface area contributed by atoms with Gasteiger partial charge in [-0.25, -0.2) is 0 Å². The van der Waals surface area contributed by atoms with Gasteiger partial charge in [-0.3, -0.25) is 0 Å². The highest BCUT2D eigenvalue weighted by Gasteiger charge is 2.04. The highest BCUT2D eigenvalue weighted by Crippen LogP contribution is 2.26. The molecule has 0 saturated carbocycles. The summed E-state index contributed by atoms with van der Waals surface area (Å²) in [6.07, 6.45) is 3.24. The first-order chi connectivity index (χ1) is 9.46. The van der Waals surface area contributed by atoms with Gasteiger partial charge in [-0.05, 0) is 44.2 Å². The summed E-state index contributed by atoms with van der Waals surface area (Å²) in [6.45, 7) is 3.26. The molecule has 0 spiro atoms. The number of hydrogen-bond acceptors (Lipinski definition) is 3. The molecule has 0 heterocycles. The van der Waals surface area contributed by atoms with Gasteiger partial charge in [0.15, 0.2) is 11.5 Å². The van der Waals surface area contributed by atoms with Crippen LogP contribution in [0.5, 0.6) is 11.5 Å². The van der Waals surface area contributed by atoms with Crippen LogP contribution in [0.25, 0.3) is 0 Å². The summed E-state index contributed by atoms with van der Waals surface area (Å²) in [4.78, 5) is 0. The summed E-state index contributed by atoms with van der Waals surface area (Å²) in [5.41, 5.74) is -0.163. The highest BCUT2D eigenvalue weighted by molar-refractivity contribution is 5.49. The van der Waals surface area contributed by atoms with Gasteiger partial charge < -0.3 is 14.6 Å². The zero-order chi connectivity index (χ0) is 15.0. The van der Waals surface area contributed by atoms with Crippen molar-refractivity contribution < 1.29 is 14.6 Å². The van der Waals surface area contributed by atoms with Crippen molar-refractivity contribution in [3.05, 3.63) is 35.9 Å². The predicted molar refractivity (Wildman–Crippen MR) is 79.6 cm³/mol. The summed E-state index contributed by atoms with van der Waals surface area (Å²) in [7, 11) is 3.18. The van der Waals surface area contributed by atoms with Crippen molar-refractivity contribution in [1.29, 1.82) is 0 Å². The van der Waals surface area contributed by atoms with E-state index in [2.05, 4.69) is 23.7 Å². The van der Waals surface area contributed by atoms with Crippen LogP contribution in [0.1, 0.15) is 19.4 Å². The molecule has 0 unspecified atom stereocenters. The van der Waals surface area contributed by atoms with Crippen LogP contribution in [0.15, 0.2) is 30.4 Å². The van der Waals surface area contributed by atoms with E-state index in [1.165, 1.54) is 0 Å². The van der Waals surface area contributed by atoms with Gasteiger partial charge in [-0.15, -0.1) is 0 Å². The van der Waals surface area contributed by atoms with Crippen molar-refractivity contribution in [1.82, 2.24) is 0 Å². The van der Waals surface area contributed by atoms with Gasteiger partial charge in [-0.2, -0.15) is 0 Å². The lowest BCUT2D eigenvalue weighted by Crippen LogP contribution is -2.14. The fourth-order valence-corrected chi connectivity index (χ4v) is 1.34. The molecule has 3 nitrogen and oxygen atoms in total. The van der Waals surface area contributed by atoms with Crippen LogP contribution in [-0.2, 0) is 0 Å². The van der Waals surface area contributed by atoms with Crippen molar-refractivity contribution in [2.45, 2.75) is 19.4 Å². The average Bonchev–Trinajstić information content (AvgIpc) is 2.41.